The molecule has 0 aromatic heterocycles. The Balaban J connectivity index is -0.0000000200. The molecular formula is C2H6CoN4O8-2. The maximum absolute atomic E-state index is 9.10. The zero-order valence-corrected chi connectivity index (χ0v) is 7.77. The summed E-state index contributed by atoms with van der Waals surface area (Å²) in [4.78, 5) is 34.2. The first-order valence-corrected chi connectivity index (χ1v) is 1.84. The quantitative estimate of drug-likeness (QED) is 0.365. The molecule has 0 aliphatic carbocycles. The molecule has 12 nitrogen and oxygen atoms in total. The number of carboxylic acid groups (broad SMARTS) is 2. The van der Waals surface area contributed by atoms with Gasteiger partial charge in [-0.2, -0.15) is 0 Å². The van der Waals surface area contributed by atoms with Gasteiger partial charge in [0.05, 0.1) is 0 Å². The van der Waals surface area contributed by atoms with Crippen LogP contribution >= 0.6 is 0 Å². The predicted molar refractivity (Wildman–Crippen MR) is 44.2 cm³/mol. The van der Waals surface area contributed by atoms with Crippen molar-refractivity contribution in [2.24, 2.45) is 10.7 Å². The van der Waals surface area contributed by atoms with Crippen LogP contribution in [0.4, 0.5) is 0 Å². The van der Waals surface area contributed by atoms with Gasteiger partial charge in [0.15, 0.2) is 0 Å². The van der Waals surface area contributed by atoms with E-state index in [0.29, 0.717) is 0 Å². The van der Waals surface area contributed by atoms with Crippen molar-refractivity contribution in [2.75, 3.05) is 0 Å². The van der Waals surface area contributed by atoms with Gasteiger partial charge in [0.1, 0.15) is 0 Å². The van der Waals surface area contributed by atoms with Crippen molar-refractivity contribution in [3.8, 4) is 0 Å². The molecule has 0 saturated heterocycles. The number of hydrogen-bond acceptors (Lipinski definition) is 8. The van der Waals surface area contributed by atoms with Crippen LogP contribution in [-0.4, -0.2) is 22.2 Å². The first-order valence-electron chi connectivity index (χ1n) is 1.84. The third-order valence-electron chi connectivity index (χ3n) is 0.183. The van der Waals surface area contributed by atoms with E-state index in [-0.39, 0.29) is 29.1 Å². The Morgan fingerprint density at radius 1 is 0.867 bits per heavy atom. The summed E-state index contributed by atoms with van der Waals surface area (Å²) in [6.07, 6.45) is 0. The van der Waals surface area contributed by atoms with E-state index in [1.54, 1.807) is 0 Å². The summed E-state index contributed by atoms with van der Waals surface area (Å²) < 4.78 is 0. The average Bonchev–Trinajstić information content (AvgIpc) is 1.90. The Kier molecular flexibility index (Phi) is 101. The van der Waals surface area contributed by atoms with Crippen LogP contribution in [0.1, 0.15) is 0 Å². The Hall–Kier alpha value is -1.83. The van der Waals surface area contributed by atoms with Gasteiger partial charge in [0.25, 0.3) is 0 Å². The number of carboxylic acids is 2. The van der Waals surface area contributed by atoms with Gasteiger partial charge in [-0.1, -0.05) is 0 Å². The number of nitrogens with zero attached hydrogens (tertiary/aromatic N) is 2. The molecule has 0 aliphatic rings. The Labute approximate surface area is 92.5 Å². The smallest absolute Gasteiger partial charge is 0.693 e. The van der Waals surface area contributed by atoms with E-state index in [2.05, 4.69) is 0 Å². The molecule has 6 N–H and O–H groups in total. The fraction of sp³-hybridized carbons (Fsp3) is 0. The number of rotatable bonds is 0. The topological polar surface area (TPSA) is 247 Å². The summed E-state index contributed by atoms with van der Waals surface area (Å²) >= 11 is 0. The average molecular weight is 273 g/mol. The second kappa shape index (κ2) is 39.9. The zero-order valence-electron chi connectivity index (χ0n) is 6.73. The molecule has 0 saturated carbocycles. The van der Waals surface area contributed by atoms with E-state index in [9.17, 15) is 0 Å². The summed E-state index contributed by atoms with van der Waals surface area (Å²) in [5.74, 6) is -3.65. The minimum atomic E-state index is -1.82. The third kappa shape index (κ3) is 268. The molecule has 0 amide bonds. The molecule has 15 heavy (non-hydrogen) atoms. The van der Waals surface area contributed by atoms with E-state index < -0.39 is 11.9 Å². The first-order chi connectivity index (χ1) is 5.47. The van der Waals surface area contributed by atoms with Crippen molar-refractivity contribution in [2.45, 2.75) is 0 Å². The predicted octanol–water partition coefficient (Wildman–Crippen LogP) is 1.09. The Morgan fingerprint density at radius 3 is 0.933 bits per heavy atom. The zero-order chi connectivity index (χ0) is 10.6. The summed E-state index contributed by atoms with van der Waals surface area (Å²) in [7, 11) is 0. The number of hydrogen-bond donors (Lipinski definition) is 2. The van der Waals surface area contributed by atoms with E-state index in [0.717, 1.165) is 10.7 Å². The maximum Gasteiger partial charge on any atom is 2.00 e. The van der Waals surface area contributed by atoms with Crippen molar-refractivity contribution < 1.29 is 36.6 Å². The number of carbonyl (C=O) groups is 2. The van der Waals surface area contributed by atoms with Gasteiger partial charge in [-0.25, -0.2) is 9.59 Å². The fourth-order valence-corrected chi connectivity index (χ4v) is 0. The van der Waals surface area contributed by atoms with Crippen LogP contribution in [0.15, 0.2) is 10.7 Å². The fourth-order valence-electron chi connectivity index (χ4n) is 0. The summed E-state index contributed by atoms with van der Waals surface area (Å²) in [5, 5.41) is 32.8. The molecule has 13 heteroatoms. The molecule has 0 atom stereocenters. The first kappa shape index (κ1) is 37.9. The third-order valence-corrected chi connectivity index (χ3v) is 0.183. The monoisotopic (exact) mass is 273 g/mol. The standard InChI is InChI=1S/C2H2O4.Co.2HNO2.2H2N/c3-1(4)2(5)6;;2*2-1-3;;/h(H,3,4)(H,5,6);;2*(H,2,3);2*1H2/q;+2;;;2*-1/p-2. The van der Waals surface area contributed by atoms with Crippen LogP contribution in [0.5, 0.6) is 0 Å². The summed E-state index contributed by atoms with van der Waals surface area (Å²) in [5.41, 5.74) is 0. The number of nitrogens with two attached hydrogens (primary N) is 2. The van der Waals surface area contributed by atoms with Crippen LogP contribution in [-0.2, 0) is 26.4 Å². The SMILES string of the molecule is O=C(O)C(=O)O.O=N[O-].O=N[O-].[Co+2].[NH2-].[NH2-]. The van der Waals surface area contributed by atoms with Gasteiger partial charge in [0, 0.05) is 0 Å². The molecule has 0 rings (SSSR count). The minimum Gasteiger partial charge on any atom is -0.693 e. The second-order valence-corrected chi connectivity index (χ2v) is 0.759. The van der Waals surface area contributed by atoms with E-state index in [1.807, 2.05) is 0 Å². The molecule has 0 unspecified atom stereocenters. The maximum atomic E-state index is 9.10. The summed E-state index contributed by atoms with van der Waals surface area (Å²) in [6, 6.07) is 0. The molecule has 0 spiro atoms. The molecular weight excluding hydrogens is 267 g/mol. The van der Waals surface area contributed by atoms with Crippen LogP contribution in [0.2, 0.25) is 0 Å². The van der Waals surface area contributed by atoms with E-state index in [1.165, 1.54) is 0 Å². The molecule has 93 valence electrons. The van der Waals surface area contributed by atoms with Crippen LogP contribution in [0.25, 0.3) is 12.3 Å². The Morgan fingerprint density at radius 2 is 0.933 bits per heavy atom. The van der Waals surface area contributed by atoms with Gasteiger partial charge < -0.3 is 42.7 Å². The van der Waals surface area contributed by atoms with E-state index in [4.69, 9.17) is 40.0 Å². The van der Waals surface area contributed by atoms with Gasteiger partial charge in [-0.3, -0.25) is 0 Å². The molecule has 1 radical (unpaired) electrons. The normalized spacial score (nSPS) is 4.53. The van der Waals surface area contributed by atoms with Crippen LogP contribution < -0.4 is 0 Å². The van der Waals surface area contributed by atoms with Crippen molar-refractivity contribution in [1.29, 1.82) is 0 Å². The van der Waals surface area contributed by atoms with Crippen molar-refractivity contribution >= 4 is 11.9 Å². The van der Waals surface area contributed by atoms with Gasteiger partial charge in [0.2, 0.25) is 0 Å². The van der Waals surface area contributed by atoms with Crippen LogP contribution in [0, 0.1) is 20.2 Å². The Bertz CT molecular complexity index is 145. The molecule has 0 aliphatic heterocycles. The van der Waals surface area contributed by atoms with Crippen LogP contribution in [0.3, 0.4) is 0 Å². The molecule has 0 aromatic rings. The van der Waals surface area contributed by atoms with Crippen molar-refractivity contribution in [1.82, 2.24) is 0 Å². The largest absolute Gasteiger partial charge is 2.00 e. The second-order valence-electron chi connectivity index (χ2n) is 0.759. The molecule has 0 fully saturated rings. The number of aliphatic carboxylic acids is 2. The molecule has 0 aromatic carbocycles. The van der Waals surface area contributed by atoms with Gasteiger partial charge in [-0.05, 0) is 0 Å². The van der Waals surface area contributed by atoms with E-state index >= 15 is 0 Å². The van der Waals surface area contributed by atoms with Gasteiger partial charge in [-0.15, -0.1) is 10.7 Å². The van der Waals surface area contributed by atoms with Crippen molar-refractivity contribution in [3.05, 3.63) is 32.5 Å². The minimum absolute atomic E-state index is 0. The molecule has 0 bridgehead atoms. The van der Waals surface area contributed by atoms with Gasteiger partial charge >= 0.3 is 28.7 Å². The summed E-state index contributed by atoms with van der Waals surface area (Å²) in [6.45, 7) is 0. The molecule has 0 heterocycles. The van der Waals surface area contributed by atoms with Crippen molar-refractivity contribution in [3.63, 3.8) is 0 Å².